The number of amides is 1. The third-order valence-electron chi connectivity index (χ3n) is 6.59. The number of benzene rings is 3. The molecule has 1 amide bonds. The van der Waals surface area contributed by atoms with Crippen LogP contribution in [-0.4, -0.2) is 36.5 Å². The van der Waals surface area contributed by atoms with E-state index in [-0.39, 0.29) is 12.5 Å². The Morgan fingerprint density at radius 1 is 0.818 bits per heavy atom. The van der Waals surface area contributed by atoms with Crippen molar-refractivity contribution in [3.05, 3.63) is 95.6 Å². The molecule has 0 atom stereocenters. The van der Waals surface area contributed by atoms with Crippen molar-refractivity contribution in [2.45, 2.75) is 25.2 Å². The summed E-state index contributed by atoms with van der Waals surface area (Å²) in [5.41, 5.74) is 2.86. The molecule has 1 saturated heterocycles. The maximum Gasteiger partial charge on any atom is 0.318 e. The number of hydrogen-bond acceptors (Lipinski definition) is 4. The quantitative estimate of drug-likeness (QED) is 0.526. The van der Waals surface area contributed by atoms with E-state index in [0.29, 0.717) is 30.5 Å². The van der Waals surface area contributed by atoms with E-state index < -0.39 is 11.9 Å². The van der Waals surface area contributed by atoms with Gasteiger partial charge in [0, 0.05) is 24.2 Å². The Labute approximate surface area is 193 Å². The molecule has 33 heavy (non-hydrogen) atoms. The number of piperidine rings is 1. The second kappa shape index (κ2) is 9.49. The number of carbonyl (C=O) groups is 2. The molecule has 0 saturated carbocycles. The molecule has 5 heteroatoms. The first-order valence-corrected chi connectivity index (χ1v) is 11.5. The Hall–Kier alpha value is -3.60. The van der Waals surface area contributed by atoms with Crippen LogP contribution < -0.4 is 4.74 Å². The van der Waals surface area contributed by atoms with Crippen molar-refractivity contribution in [1.29, 1.82) is 0 Å². The van der Waals surface area contributed by atoms with Crippen molar-refractivity contribution >= 4 is 11.9 Å². The van der Waals surface area contributed by atoms with Gasteiger partial charge in [-0.05, 0) is 42.9 Å². The van der Waals surface area contributed by atoms with E-state index in [1.165, 1.54) is 5.56 Å². The minimum Gasteiger partial charge on any atom is -0.457 e. The first-order chi connectivity index (χ1) is 16.2. The van der Waals surface area contributed by atoms with Crippen LogP contribution in [0.4, 0.5) is 0 Å². The highest BCUT2D eigenvalue weighted by atomic mass is 16.5. The number of likely N-dealkylation sites (tertiary alicyclic amines) is 1. The second-order valence-corrected chi connectivity index (χ2v) is 8.73. The minimum absolute atomic E-state index is 0.129. The summed E-state index contributed by atoms with van der Waals surface area (Å²) in [4.78, 5) is 27.7. The second-order valence-electron chi connectivity index (χ2n) is 8.73. The summed E-state index contributed by atoms with van der Waals surface area (Å²) in [5.74, 6) is 0.709. The van der Waals surface area contributed by atoms with E-state index in [0.717, 1.165) is 30.4 Å². The molecule has 3 aromatic carbocycles. The fourth-order valence-corrected chi connectivity index (χ4v) is 4.81. The Morgan fingerprint density at radius 3 is 2.03 bits per heavy atom. The number of esters is 1. The zero-order valence-electron chi connectivity index (χ0n) is 18.5. The number of para-hydroxylation sites is 2. The molecule has 3 aromatic rings. The van der Waals surface area contributed by atoms with Crippen molar-refractivity contribution in [1.82, 2.24) is 4.90 Å². The van der Waals surface area contributed by atoms with Crippen molar-refractivity contribution in [2.24, 2.45) is 5.92 Å². The molecule has 5 rings (SSSR count). The molecular weight excluding hydrogens is 414 g/mol. The first kappa shape index (κ1) is 21.3. The van der Waals surface area contributed by atoms with E-state index in [1.807, 2.05) is 59.5 Å². The fourth-order valence-electron chi connectivity index (χ4n) is 4.81. The van der Waals surface area contributed by atoms with Gasteiger partial charge in [-0.25, -0.2) is 0 Å². The van der Waals surface area contributed by atoms with Crippen molar-refractivity contribution in [2.75, 3.05) is 19.7 Å². The third-order valence-corrected chi connectivity index (χ3v) is 6.59. The summed E-state index contributed by atoms with van der Waals surface area (Å²) in [6, 6.07) is 25.4. The SMILES string of the molecule is O=C(OCC(=O)N1CCC(Cc2ccccc2)CC1)C1c2ccccc2Oc2ccccc21. The predicted molar refractivity (Wildman–Crippen MR) is 125 cm³/mol. The van der Waals surface area contributed by atoms with Crippen LogP contribution in [-0.2, 0) is 20.7 Å². The van der Waals surface area contributed by atoms with Crippen molar-refractivity contribution in [3.8, 4) is 11.5 Å². The molecule has 0 bridgehead atoms. The van der Waals surface area contributed by atoms with E-state index >= 15 is 0 Å². The van der Waals surface area contributed by atoms with E-state index in [9.17, 15) is 9.59 Å². The predicted octanol–water partition coefficient (Wildman–Crippen LogP) is 4.95. The lowest BCUT2D eigenvalue weighted by Crippen LogP contribution is -2.41. The van der Waals surface area contributed by atoms with Crippen LogP contribution in [0, 0.1) is 5.92 Å². The van der Waals surface area contributed by atoms with Crippen LogP contribution in [0.15, 0.2) is 78.9 Å². The molecule has 0 spiro atoms. The molecule has 0 radical (unpaired) electrons. The summed E-state index contributed by atoms with van der Waals surface area (Å²) in [6.07, 6.45) is 2.98. The number of rotatable bonds is 5. The van der Waals surface area contributed by atoms with Crippen molar-refractivity contribution < 1.29 is 19.1 Å². The zero-order chi connectivity index (χ0) is 22.6. The highest BCUT2D eigenvalue weighted by Crippen LogP contribution is 2.44. The number of hydrogen-bond donors (Lipinski definition) is 0. The zero-order valence-corrected chi connectivity index (χ0v) is 18.5. The lowest BCUT2D eigenvalue weighted by atomic mass is 9.88. The first-order valence-electron chi connectivity index (χ1n) is 11.5. The largest absolute Gasteiger partial charge is 0.457 e. The number of carbonyl (C=O) groups excluding carboxylic acids is 2. The average Bonchev–Trinajstić information content (AvgIpc) is 2.86. The standard InChI is InChI=1S/C28H27NO4/c30-26(29-16-14-21(15-17-29)18-20-8-2-1-3-9-20)19-32-28(31)27-22-10-4-6-12-24(22)33-25-13-7-5-11-23(25)27/h1-13,21,27H,14-19H2. The van der Waals surface area contributed by atoms with Crippen LogP contribution in [0.5, 0.6) is 11.5 Å². The number of fused-ring (bicyclic) bond motifs is 2. The van der Waals surface area contributed by atoms with E-state index in [2.05, 4.69) is 24.3 Å². The van der Waals surface area contributed by atoms with Gasteiger partial charge < -0.3 is 14.4 Å². The molecule has 5 nitrogen and oxygen atoms in total. The Morgan fingerprint density at radius 2 is 1.39 bits per heavy atom. The Kier molecular flexibility index (Phi) is 6.11. The molecule has 168 valence electrons. The van der Waals surface area contributed by atoms with Gasteiger partial charge >= 0.3 is 5.97 Å². The van der Waals surface area contributed by atoms with Gasteiger partial charge in [0.15, 0.2) is 6.61 Å². The summed E-state index contributed by atoms with van der Waals surface area (Å²) < 4.78 is 11.5. The number of ether oxygens (including phenoxy) is 2. The van der Waals surface area contributed by atoms with Gasteiger partial charge in [0.2, 0.25) is 0 Å². The normalized spacial score (nSPS) is 15.8. The highest BCUT2D eigenvalue weighted by molar-refractivity contribution is 5.87. The summed E-state index contributed by atoms with van der Waals surface area (Å²) >= 11 is 0. The molecule has 0 N–H and O–H groups in total. The topological polar surface area (TPSA) is 55.8 Å². The maximum absolute atomic E-state index is 13.1. The van der Waals surface area contributed by atoms with Gasteiger partial charge in [0.05, 0.1) is 0 Å². The molecular formula is C28H27NO4. The molecule has 2 heterocycles. The van der Waals surface area contributed by atoms with Crippen LogP contribution in [0.1, 0.15) is 35.4 Å². The van der Waals surface area contributed by atoms with Gasteiger partial charge in [-0.3, -0.25) is 9.59 Å². The van der Waals surface area contributed by atoms with Gasteiger partial charge in [-0.15, -0.1) is 0 Å². The number of nitrogens with zero attached hydrogens (tertiary/aromatic N) is 1. The lowest BCUT2D eigenvalue weighted by molar-refractivity contribution is -0.153. The summed E-state index contributed by atoms with van der Waals surface area (Å²) in [7, 11) is 0. The summed E-state index contributed by atoms with van der Waals surface area (Å²) in [5, 5.41) is 0. The smallest absolute Gasteiger partial charge is 0.318 e. The van der Waals surface area contributed by atoms with Gasteiger partial charge in [0.25, 0.3) is 5.91 Å². The molecule has 0 unspecified atom stereocenters. The Balaban J connectivity index is 1.19. The Bertz CT molecular complexity index is 1090. The van der Waals surface area contributed by atoms with Gasteiger partial charge in [0.1, 0.15) is 17.4 Å². The fraction of sp³-hybridized carbons (Fsp3) is 0.286. The lowest BCUT2D eigenvalue weighted by Gasteiger charge is -2.32. The molecule has 2 aliphatic heterocycles. The van der Waals surface area contributed by atoms with Crippen LogP contribution in [0.25, 0.3) is 0 Å². The monoisotopic (exact) mass is 441 g/mol. The molecule has 0 aliphatic carbocycles. The third kappa shape index (κ3) is 4.63. The van der Waals surface area contributed by atoms with Crippen LogP contribution >= 0.6 is 0 Å². The molecule has 2 aliphatic rings. The summed E-state index contributed by atoms with van der Waals surface area (Å²) in [6.45, 7) is 1.18. The highest BCUT2D eigenvalue weighted by Gasteiger charge is 2.34. The van der Waals surface area contributed by atoms with Crippen LogP contribution in [0.3, 0.4) is 0 Å². The maximum atomic E-state index is 13.1. The average molecular weight is 442 g/mol. The minimum atomic E-state index is -0.601. The van der Waals surface area contributed by atoms with Crippen LogP contribution in [0.2, 0.25) is 0 Å². The van der Waals surface area contributed by atoms with Gasteiger partial charge in [-0.2, -0.15) is 0 Å². The van der Waals surface area contributed by atoms with Gasteiger partial charge in [-0.1, -0.05) is 66.7 Å². The van der Waals surface area contributed by atoms with E-state index in [1.54, 1.807) is 0 Å². The van der Waals surface area contributed by atoms with Crippen molar-refractivity contribution in [3.63, 3.8) is 0 Å². The van der Waals surface area contributed by atoms with E-state index in [4.69, 9.17) is 9.47 Å². The molecule has 0 aromatic heterocycles. The molecule has 1 fully saturated rings.